The van der Waals surface area contributed by atoms with E-state index in [1.807, 2.05) is 18.2 Å². The van der Waals surface area contributed by atoms with Gasteiger partial charge in [-0.15, -0.1) is 12.4 Å². The van der Waals surface area contributed by atoms with Gasteiger partial charge in [0.05, 0.1) is 0 Å². The average Bonchev–Trinajstić information content (AvgIpc) is 2.16. The lowest BCUT2D eigenvalue weighted by molar-refractivity contribution is 0.0750. The van der Waals surface area contributed by atoms with E-state index in [9.17, 15) is 0 Å². The molecule has 0 bridgehead atoms. The standard InChI is InChI=1S/C10H13BrN2O.ClH/c1-13-6-5-8(13)7-14-10-4-2-3-9(11)12-10;/h2-4,8H,5-7H2,1H3;1H/t8-;/m0./s1. The Hall–Kier alpha value is -0.320. The lowest BCUT2D eigenvalue weighted by Gasteiger charge is -2.37. The van der Waals surface area contributed by atoms with Crippen molar-refractivity contribution >= 4 is 28.3 Å². The molecule has 1 aliphatic heterocycles. The van der Waals surface area contributed by atoms with E-state index < -0.39 is 0 Å². The Bertz CT molecular complexity index is 324. The van der Waals surface area contributed by atoms with E-state index in [-0.39, 0.29) is 12.4 Å². The molecule has 0 amide bonds. The normalized spacial score (nSPS) is 20.3. The molecule has 5 heteroatoms. The van der Waals surface area contributed by atoms with Crippen LogP contribution in [-0.4, -0.2) is 36.1 Å². The number of aromatic nitrogens is 1. The smallest absolute Gasteiger partial charge is 0.214 e. The van der Waals surface area contributed by atoms with E-state index >= 15 is 0 Å². The highest BCUT2D eigenvalue weighted by Gasteiger charge is 2.24. The van der Waals surface area contributed by atoms with Crippen LogP contribution in [0, 0.1) is 0 Å². The van der Waals surface area contributed by atoms with E-state index in [1.165, 1.54) is 13.0 Å². The quantitative estimate of drug-likeness (QED) is 0.800. The first kappa shape index (κ1) is 12.7. The first-order valence-electron chi connectivity index (χ1n) is 4.71. The number of likely N-dealkylation sites (tertiary alicyclic amines) is 1. The maximum Gasteiger partial charge on any atom is 0.214 e. The molecule has 1 aromatic heterocycles. The summed E-state index contributed by atoms with van der Waals surface area (Å²) in [5.41, 5.74) is 0. The Balaban J connectivity index is 0.00000112. The number of nitrogens with zero attached hydrogens (tertiary/aromatic N) is 2. The number of ether oxygens (including phenoxy) is 1. The molecule has 2 rings (SSSR count). The SMILES string of the molecule is CN1CC[C@H]1COc1cccc(Br)n1.Cl. The Morgan fingerprint density at radius 2 is 2.40 bits per heavy atom. The fourth-order valence-electron chi connectivity index (χ4n) is 1.43. The fraction of sp³-hybridized carbons (Fsp3) is 0.500. The molecule has 1 atom stereocenters. The van der Waals surface area contributed by atoms with E-state index in [0.717, 1.165) is 11.2 Å². The maximum atomic E-state index is 5.58. The molecule has 15 heavy (non-hydrogen) atoms. The maximum absolute atomic E-state index is 5.58. The van der Waals surface area contributed by atoms with Crippen molar-refractivity contribution in [2.45, 2.75) is 12.5 Å². The summed E-state index contributed by atoms with van der Waals surface area (Å²) in [5, 5.41) is 0. The van der Waals surface area contributed by atoms with Gasteiger partial charge in [0.2, 0.25) is 5.88 Å². The van der Waals surface area contributed by atoms with Gasteiger partial charge in [-0.05, 0) is 42.0 Å². The minimum Gasteiger partial charge on any atom is -0.476 e. The van der Waals surface area contributed by atoms with Crippen LogP contribution in [0.3, 0.4) is 0 Å². The number of halogens is 2. The van der Waals surface area contributed by atoms with Crippen molar-refractivity contribution < 1.29 is 4.74 Å². The largest absolute Gasteiger partial charge is 0.476 e. The average molecular weight is 294 g/mol. The second kappa shape index (κ2) is 5.68. The van der Waals surface area contributed by atoms with Crippen molar-refractivity contribution in [3.05, 3.63) is 22.8 Å². The Labute approximate surface area is 104 Å². The Morgan fingerprint density at radius 1 is 1.60 bits per heavy atom. The van der Waals surface area contributed by atoms with Gasteiger partial charge in [-0.2, -0.15) is 0 Å². The molecule has 0 aromatic carbocycles. The van der Waals surface area contributed by atoms with Crippen LogP contribution in [-0.2, 0) is 0 Å². The number of rotatable bonds is 3. The highest BCUT2D eigenvalue weighted by atomic mass is 79.9. The molecule has 3 nitrogen and oxygen atoms in total. The minimum absolute atomic E-state index is 0. The zero-order chi connectivity index (χ0) is 9.97. The van der Waals surface area contributed by atoms with Gasteiger partial charge in [0.25, 0.3) is 0 Å². The van der Waals surface area contributed by atoms with Crippen molar-refractivity contribution in [2.24, 2.45) is 0 Å². The molecule has 0 unspecified atom stereocenters. The van der Waals surface area contributed by atoms with Crippen LogP contribution in [0.4, 0.5) is 0 Å². The fourth-order valence-corrected chi connectivity index (χ4v) is 1.76. The molecule has 0 spiro atoms. The molecule has 0 radical (unpaired) electrons. The third kappa shape index (κ3) is 3.33. The van der Waals surface area contributed by atoms with Crippen LogP contribution < -0.4 is 4.74 Å². The molecule has 0 N–H and O–H groups in total. The topological polar surface area (TPSA) is 25.4 Å². The van der Waals surface area contributed by atoms with Crippen molar-refractivity contribution in [3.8, 4) is 5.88 Å². The summed E-state index contributed by atoms with van der Waals surface area (Å²) in [4.78, 5) is 6.49. The predicted molar refractivity (Wildman–Crippen MR) is 65.7 cm³/mol. The van der Waals surface area contributed by atoms with Crippen molar-refractivity contribution in [1.29, 1.82) is 0 Å². The summed E-state index contributed by atoms with van der Waals surface area (Å²) in [6.07, 6.45) is 1.23. The Kier molecular flexibility index (Phi) is 4.83. The van der Waals surface area contributed by atoms with Crippen LogP contribution in [0.5, 0.6) is 5.88 Å². The second-order valence-corrected chi connectivity index (χ2v) is 4.35. The minimum atomic E-state index is 0. The van der Waals surface area contributed by atoms with E-state index in [2.05, 4.69) is 32.9 Å². The number of pyridine rings is 1. The summed E-state index contributed by atoms with van der Waals surface area (Å²) in [6, 6.07) is 6.26. The van der Waals surface area contributed by atoms with Gasteiger partial charge in [-0.3, -0.25) is 4.90 Å². The van der Waals surface area contributed by atoms with Gasteiger partial charge in [-0.25, -0.2) is 4.98 Å². The van der Waals surface area contributed by atoms with E-state index in [4.69, 9.17) is 4.74 Å². The van der Waals surface area contributed by atoms with Crippen molar-refractivity contribution in [2.75, 3.05) is 20.2 Å². The molecule has 1 saturated heterocycles. The van der Waals surface area contributed by atoms with Gasteiger partial charge >= 0.3 is 0 Å². The highest BCUT2D eigenvalue weighted by molar-refractivity contribution is 9.10. The van der Waals surface area contributed by atoms with Crippen LogP contribution in [0.2, 0.25) is 0 Å². The van der Waals surface area contributed by atoms with Crippen LogP contribution in [0.1, 0.15) is 6.42 Å². The molecule has 1 aromatic rings. The van der Waals surface area contributed by atoms with Crippen LogP contribution >= 0.6 is 28.3 Å². The lowest BCUT2D eigenvalue weighted by atomic mass is 10.1. The number of hydrogen-bond donors (Lipinski definition) is 0. The molecular weight excluding hydrogens is 279 g/mol. The van der Waals surface area contributed by atoms with Gasteiger partial charge in [-0.1, -0.05) is 6.07 Å². The highest BCUT2D eigenvalue weighted by Crippen LogP contribution is 2.17. The van der Waals surface area contributed by atoms with Gasteiger partial charge in [0.1, 0.15) is 11.2 Å². The number of likely N-dealkylation sites (N-methyl/N-ethyl adjacent to an activating group) is 1. The van der Waals surface area contributed by atoms with Gasteiger partial charge in [0, 0.05) is 12.1 Å². The van der Waals surface area contributed by atoms with E-state index in [0.29, 0.717) is 11.9 Å². The Morgan fingerprint density at radius 3 is 2.93 bits per heavy atom. The molecular formula is C10H14BrClN2O. The molecule has 0 saturated carbocycles. The van der Waals surface area contributed by atoms with Gasteiger partial charge < -0.3 is 4.74 Å². The molecule has 0 aliphatic carbocycles. The van der Waals surface area contributed by atoms with Crippen molar-refractivity contribution in [3.63, 3.8) is 0 Å². The summed E-state index contributed by atoms with van der Waals surface area (Å²) < 4.78 is 6.40. The van der Waals surface area contributed by atoms with E-state index in [1.54, 1.807) is 0 Å². The monoisotopic (exact) mass is 292 g/mol. The lowest BCUT2D eigenvalue weighted by Crippen LogP contribution is -2.48. The first-order chi connectivity index (χ1) is 6.75. The van der Waals surface area contributed by atoms with Crippen LogP contribution in [0.25, 0.3) is 0 Å². The van der Waals surface area contributed by atoms with Gasteiger partial charge in [0.15, 0.2) is 0 Å². The third-order valence-electron chi connectivity index (χ3n) is 2.55. The zero-order valence-corrected chi connectivity index (χ0v) is 10.9. The molecule has 1 aliphatic rings. The summed E-state index contributed by atoms with van der Waals surface area (Å²) in [6.45, 7) is 1.92. The summed E-state index contributed by atoms with van der Waals surface area (Å²) in [5.74, 6) is 0.694. The predicted octanol–water partition coefficient (Wildman–Crippen LogP) is 2.35. The molecule has 84 valence electrons. The molecule has 2 heterocycles. The zero-order valence-electron chi connectivity index (χ0n) is 8.52. The van der Waals surface area contributed by atoms with Crippen LogP contribution in [0.15, 0.2) is 22.8 Å². The summed E-state index contributed by atoms with van der Waals surface area (Å²) in [7, 11) is 2.12. The first-order valence-corrected chi connectivity index (χ1v) is 5.50. The van der Waals surface area contributed by atoms with Crippen molar-refractivity contribution in [1.82, 2.24) is 9.88 Å². The molecule has 1 fully saturated rings. The third-order valence-corrected chi connectivity index (χ3v) is 2.99. The summed E-state index contributed by atoms with van der Waals surface area (Å²) >= 11 is 3.31. The second-order valence-electron chi connectivity index (χ2n) is 3.53. The number of hydrogen-bond acceptors (Lipinski definition) is 3.